The number of hydrogen-bond donors (Lipinski definition) is 2. The Morgan fingerprint density at radius 2 is 1.93 bits per heavy atom. The maximum atomic E-state index is 12.6. The van der Waals surface area contributed by atoms with Gasteiger partial charge < -0.3 is 19.5 Å². The minimum absolute atomic E-state index is 0.126. The van der Waals surface area contributed by atoms with E-state index in [1.165, 1.54) is 19.2 Å². The van der Waals surface area contributed by atoms with Gasteiger partial charge in [-0.05, 0) is 36.8 Å². The van der Waals surface area contributed by atoms with Gasteiger partial charge in [-0.25, -0.2) is 4.79 Å². The summed E-state index contributed by atoms with van der Waals surface area (Å²) in [5.74, 6) is -0.191. The van der Waals surface area contributed by atoms with Crippen molar-refractivity contribution in [3.05, 3.63) is 80.4 Å². The maximum absolute atomic E-state index is 12.6. The summed E-state index contributed by atoms with van der Waals surface area (Å²) in [6.45, 7) is 1.84. The van der Waals surface area contributed by atoms with Crippen LogP contribution in [0.1, 0.15) is 15.9 Å². The molecule has 0 radical (unpaired) electrons. The van der Waals surface area contributed by atoms with Gasteiger partial charge >= 0.3 is 5.63 Å². The molecule has 0 bridgehead atoms. The molecule has 0 aliphatic heterocycles. The lowest BCUT2D eigenvalue weighted by atomic mass is 10.1. The van der Waals surface area contributed by atoms with Gasteiger partial charge in [0, 0.05) is 22.5 Å². The van der Waals surface area contributed by atoms with Crippen LogP contribution in [0.5, 0.6) is 5.75 Å². The Bertz CT molecular complexity index is 1350. The molecule has 28 heavy (non-hydrogen) atoms. The van der Waals surface area contributed by atoms with Crippen LogP contribution in [-0.2, 0) is 0 Å². The van der Waals surface area contributed by atoms with Crippen LogP contribution in [0.15, 0.2) is 62.5 Å². The van der Waals surface area contributed by atoms with Gasteiger partial charge in [0.25, 0.3) is 5.91 Å². The molecule has 2 aromatic heterocycles. The fourth-order valence-electron chi connectivity index (χ4n) is 3.15. The van der Waals surface area contributed by atoms with Gasteiger partial charge in [0.1, 0.15) is 5.56 Å². The van der Waals surface area contributed by atoms with Crippen molar-refractivity contribution in [1.29, 1.82) is 0 Å². The Balaban J connectivity index is 1.72. The lowest BCUT2D eigenvalue weighted by molar-refractivity contribution is 0.102. The van der Waals surface area contributed by atoms with Crippen molar-refractivity contribution in [2.75, 3.05) is 12.4 Å². The molecule has 0 aliphatic rings. The number of aryl methyl sites for hydroxylation is 1. The molecular formula is C21H16N2O5. The average Bonchev–Trinajstić information content (AvgIpc) is 2.66. The predicted molar refractivity (Wildman–Crippen MR) is 106 cm³/mol. The number of hydrogen-bond acceptors (Lipinski definition) is 5. The SMILES string of the molecule is COc1cccc2cc(C(=O)Nc3ccc4c(C)cc(=O)[nH]c4c3)c(=O)oc12. The fourth-order valence-corrected chi connectivity index (χ4v) is 3.15. The molecule has 4 rings (SSSR count). The second-order valence-electron chi connectivity index (χ2n) is 6.36. The van der Waals surface area contributed by atoms with Crippen molar-refractivity contribution in [2.45, 2.75) is 6.92 Å². The molecule has 0 saturated heterocycles. The fraction of sp³-hybridized carbons (Fsp3) is 0.0952. The third-order valence-corrected chi connectivity index (χ3v) is 4.50. The molecular weight excluding hydrogens is 360 g/mol. The molecule has 0 fully saturated rings. The molecule has 0 atom stereocenters. The highest BCUT2D eigenvalue weighted by Gasteiger charge is 2.16. The quantitative estimate of drug-likeness (QED) is 0.535. The number of fused-ring (bicyclic) bond motifs is 2. The highest BCUT2D eigenvalue weighted by atomic mass is 16.5. The molecule has 140 valence electrons. The van der Waals surface area contributed by atoms with Gasteiger partial charge in [-0.15, -0.1) is 0 Å². The van der Waals surface area contributed by atoms with E-state index in [1.807, 2.05) is 6.92 Å². The number of para-hydroxylation sites is 1. The van der Waals surface area contributed by atoms with Gasteiger partial charge in [-0.2, -0.15) is 0 Å². The summed E-state index contributed by atoms with van der Waals surface area (Å²) in [6, 6.07) is 13.3. The van der Waals surface area contributed by atoms with Crippen LogP contribution >= 0.6 is 0 Å². The third-order valence-electron chi connectivity index (χ3n) is 4.50. The molecule has 7 heteroatoms. The number of amides is 1. The van der Waals surface area contributed by atoms with Crippen molar-refractivity contribution in [3.63, 3.8) is 0 Å². The molecule has 0 spiro atoms. The Labute approximate surface area is 158 Å². The van der Waals surface area contributed by atoms with Crippen molar-refractivity contribution < 1.29 is 13.9 Å². The Morgan fingerprint density at radius 3 is 2.71 bits per heavy atom. The lowest BCUT2D eigenvalue weighted by Crippen LogP contribution is -2.20. The number of methoxy groups -OCH3 is 1. The van der Waals surface area contributed by atoms with Crippen molar-refractivity contribution in [1.82, 2.24) is 4.98 Å². The van der Waals surface area contributed by atoms with E-state index >= 15 is 0 Å². The topological polar surface area (TPSA) is 101 Å². The number of benzene rings is 2. The van der Waals surface area contributed by atoms with Crippen LogP contribution in [0.2, 0.25) is 0 Å². The first-order chi connectivity index (χ1) is 13.5. The zero-order chi connectivity index (χ0) is 19.8. The van der Waals surface area contributed by atoms with E-state index in [4.69, 9.17) is 9.15 Å². The number of pyridine rings is 1. The van der Waals surface area contributed by atoms with Gasteiger partial charge in [-0.3, -0.25) is 9.59 Å². The third kappa shape index (κ3) is 3.03. The normalized spacial score (nSPS) is 10.9. The van der Waals surface area contributed by atoms with Crippen LogP contribution in [0.4, 0.5) is 5.69 Å². The van der Waals surface area contributed by atoms with Crippen molar-refractivity contribution in [3.8, 4) is 5.75 Å². The number of aromatic nitrogens is 1. The number of ether oxygens (including phenoxy) is 1. The summed E-state index contributed by atoms with van der Waals surface area (Å²) in [5, 5.41) is 4.11. The largest absolute Gasteiger partial charge is 0.493 e. The number of H-pyrrole nitrogens is 1. The first-order valence-electron chi connectivity index (χ1n) is 8.52. The average molecular weight is 376 g/mol. The molecule has 0 unspecified atom stereocenters. The Hall–Kier alpha value is -3.87. The summed E-state index contributed by atoms with van der Waals surface area (Å²) in [7, 11) is 1.47. The molecule has 1 amide bonds. The second-order valence-corrected chi connectivity index (χ2v) is 6.36. The molecule has 7 nitrogen and oxygen atoms in total. The summed E-state index contributed by atoms with van der Waals surface area (Å²) < 4.78 is 10.5. The standard InChI is InChI=1S/C21H16N2O5/c1-11-8-18(24)23-16-10-13(6-7-14(11)16)22-20(25)15-9-12-4-3-5-17(27-2)19(12)28-21(15)26/h3-10H,1-2H3,(H,22,25)(H,23,24). The smallest absolute Gasteiger partial charge is 0.349 e. The molecule has 2 heterocycles. The summed E-state index contributed by atoms with van der Waals surface area (Å²) >= 11 is 0. The Morgan fingerprint density at radius 1 is 1.11 bits per heavy atom. The van der Waals surface area contributed by atoms with Crippen molar-refractivity contribution in [2.24, 2.45) is 0 Å². The first-order valence-corrected chi connectivity index (χ1v) is 8.52. The van der Waals surface area contributed by atoms with Gasteiger partial charge in [-0.1, -0.05) is 18.2 Å². The highest BCUT2D eigenvalue weighted by Crippen LogP contribution is 2.25. The minimum Gasteiger partial charge on any atom is -0.493 e. The number of rotatable bonds is 3. The molecule has 2 N–H and O–H groups in total. The van der Waals surface area contributed by atoms with Gasteiger partial charge in [0.15, 0.2) is 11.3 Å². The molecule has 0 aliphatic carbocycles. The first kappa shape index (κ1) is 17.5. The molecule has 2 aromatic carbocycles. The Kier molecular flexibility index (Phi) is 4.19. The van der Waals surface area contributed by atoms with Gasteiger partial charge in [0.2, 0.25) is 5.56 Å². The summed E-state index contributed by atoms with van der Waals surface area (Å²) in [6.07, 6.45) is 0. The van der Waals surface area contributed by atoms with Gasteiger partial charge in [0.05, 0.1) is 12.6 Å². The van der Waals surface area contributed by atoms with Crippen LogP contribution in [0.25, 0.3) is 21.9 Å². The molecule has 0 saturated carbocycles. The van der Waals surface area contributed by atoms with E-state index in [9.17, 15) is 14.4 Å². The van der Waals surface area contributed by atoms with Crippen LogP contribution in [0.3, 0.4) is 0 Å². The van der Waals surface area contributed by atoms with Crippen molar-refractivity contribution >= 4 is 33.5 Å². The van der Waals surface area contributed by atoms with E-state index in [0.29, 0.717) is 22.3 Å². The van der Waals surface area contributed by atoms with E-state index in [-0.39, 0.29) is 16.7 Å². The predicted octanol–water partition coefficient (Wildman–Crippen LogP) is 3.20. The van der Waals surface area contributed by atoms with Crippen LogP contribution in [-0.4, -0.2) is 18.0 Å². The number of carbonyl (C=O) groups excluding carboxylic acids is 1. The van der Waals surface area contributed by atoms with E-state index < -0.39 is 11.5 Å². The summed E-state index contributed by atoms with van der Waals surface area (Å²) in [5.41, 5.74) is 1.05. The van der Waals surface area contributed by atoms with Crippen LogP contribution in [0, 0.1) is 6.92 Å². The zero-order valence-electron chi connectivity index (χ0n) is 15.2. The summed E-state index contributed by atoms with van der Waals surface area (Å²) in [4.78, 5) is 39.3. The highest BCUT2D eigenvalue weighted by molar-refractivity contribution is 6.06. The van der Waals surface area contributed by atoms with E-state index in [1.54, 1.807) is 36.4 Å². The van der Waals surface area contributed by atoms with E-state index in [0.717, 1.165) is 10.9 Å². The lowest BCUT2D eigenvalue weighted by Gasteiger charge is -2.08. The zero-order valence-corrected chi connectivity index (χ0v) is 15.2. The van der Waals surface area contributed by atoms with E-state index in [2.05, 4.69) is 10.3 Å². The number of carbonyl (C=O) groups is 1. The number of nitrogens with one attached hydrogen (secondary N) is 2. The maximum Gasteiger partial charge on any atom is 0.349 e. The molecule has 4 aromatic rings. The number of aromatic amines is 1. The number of anilines is 1. The second kappa shape index (κ2) is 6.70. The van der Waals surface area contributed by atoms with Crippen LogP contribution < -0.4 is 21.2 Å². The monoisotopic (exact) mass is 376 g/mol. The minimum atomic E-state index is -0.764.